The molecule has 0 aliphatic heterocycles. The Morgan fingerprint density at radius 1 is 1.17 bits per heavy atom. The number of hydrazone groups is 1. The van der Waals surface area contributed by atoms with E-state index in [0.717, 1.165) is 24.0 Å². The second-order valence-electron chi connectivity index (χ2n) is 5.36. The van der Waals surface area contributed by atoms with E-state index in [1.165, 1.54) is 30.0 Å². The molecule has 1 aliphatic carbocycles. The lowest BCUT2D eigenvalue weighted by atomic mass is 9.92. The molecule has 0 aromatic heterocycles. The summed E-state index contributed by atoms with van der Waals surface area (Å²) in [6.45, 7) is 0. The standard InChI is InChI=1S/C18H14Cl2N2O2/c19-13-7-8-16(23)15(9-13)18(24)22-21-10-12-6-5-11-3-1-2-4-14(11)17(12)20/h1-4,7-10,23H,5-6H2,(H,22,24)/b21-10+. The summed E-state index contributed by atoms with van der Waals surface area (Å²) < 4.78 is 0. The Kier molecular flexibility index (Phi) is 4.88. The van der Waals surface area contributed by atoms with Crippen LogP contribution in [0.1, 0.15) is 27.9 Å². The number of benzene rings is 2. The maximum Gasteiger partial charge on any atom is 0.275 e. The second kappa shape index (κ2) is 7.07. The molecule has 122 valence electrons. The Hall–Kier alpha value is -2.30. The average Bonchev–Trinajstić information content (AvgIpc) is 2.59. The summed E-state index contributed by atoms with van der Waals surface area (Å²) in [5, 5.41) is 14.6. The topological polar surface area (TPSA) is 61.7 Å². The van der Waals surface area contributed by atoms with Crippen molar-refractivity contribution < 1.29 is 9.90 Å². The number of fused-ring (bicyclic) bond motifs is 1. The van der Waals surface area contributed by atoms with E-state index in [-0.39, 0.29) is 11.3 Å². The number of halogens is 2. The zero-order valence-electron chi connectivity index (χ0n) is 12.6. The highest BCUT2D eigenvalue weighted by Gasteiger charge is 2.16. The fourth-order valence-electron chi connectivity index (χ4n) is 2.54. The molecule has 2 N–H and O–H groups in total. The van der Waals surface area contributed by atoms with Gasteiger partial charge in [0.2, 0.25) is 0 Å². The molecule has 0 atom stereocenters. The molecular weight excluding hydrogens is 347 g/mol. The third kappa shape index (κ3) is 3.45. The minimum absolute atomic E-state index is 0.0636. The molecule has 4 nitrogen and oxygen atoms in total. The molecule has 0 radical (unpaired) electrons. The third-order valence-corrected chi connectivity index (χ3v) is 4.47. The highest BCUT2D eigenvalue weighted by Crippen LogP contribution is 2.33. The lowest BCUT2D eigenvalue weighted by molar-refractivity contribution is 0.0952. The number of rotatable bonds is 3. The van der Waals surface area contributed by atoms with Crippen LogP contribution in [0.3, 0.4) is 0 Å². The van der Waals surface area contributed by atoms with Crippen LogP contribution in [0.25, 0.3) is 5.03 Å². The molecule has 2 aromatic rings. The molecule has 6 heteroatoms. The molecule has 2 aromatic carbocycles. The van der Waals surface area contributed by atoms with Crippen LogP contribution in [-0.4, -0.2) is 17.2 Å². The molecule has 1 aliphatic rings. The highest BCUT2D eigenvalue weighted by atomic mass is 35.5. The fraction of sp³-hybridized carbons (Fsp3) is 0.111. The number of nitrogens with zero attached hydrogens (tertiary/aromatic N) is 1. The Bertz CT molecular complexity index is 860. The summed E-state index contributed by atoms with van der Waals surface area (Å²) in [7, 11) is 0. The number of phenols is 1. The van der Waals surface area contributed by atoms with Crippen LogP contribution in [0, 0.1) is 0 Å². The van der Waals surface area contributed by atoms with Gasteiger partial charge in [-0.3, -0.25) is 4.79 Å². The first-order chi connectivity index (χ1) is 11.6. The zero-order valence-corrected chi connectivity index (χ0v) is 14.1. The van der Waals surface area contributed by atoms with Crippen LogP contribution in [0.2, 0.25) is 5.02 Å². The van der Waals surface area contributed by atoms with Crippen LogP contribution in [-0.2, 0) is 6.42 Å². The van der Waals surface area contributed by atoms with Crippen LogP contribution in [0.5, 0.6) is 5.75 Å². The quantitative estimate of drug-likeness (QED) is 0.630. The van der Waals surface area contributed by atoms with Gasteiger partial charge in [-0.25, -0.2) is 5.43 Å². The number of nitrogens with one attached hydrogen (secondary N) is 1. The third-order valence-electron chi connectivity index (χ3n) is 3.79. The molecule has 0 saturated carbocycles. The van der Waals surface area contributed by atoms with Crippen molar-refractivity contribution in [1.82, 2.24) is 5.43 Å². The number of carbonyl (C=O) groups excluding carboxylic acids is 1. The molecule has 24 heavy (non-hydrogen) atoms. The molecule has 0 bridgehead atoms. The van der Waals surface area contributed by atoms with Crippen LogP contribution >= 0.6 is 23.2 Å². The summed E-state index contributed by atoms with van der Waals surface area (Å²) in [6, 6.07) is 12.2. The van der Waals surface area contributed by atoms with Gasteiger partial charge in [0.15, 0.2) is 0 Å². The zero-order chi connectivity index (χ0) is 17.1. The van der Waals surface area contributed by atoms with Crippen molar-refractivity contribution in [3.05, 3.63) is 69.8 Å². The van der Waals surface area contributed by atoms with Crippen molar-refractivity contribution in [2.75, 3.05) is 0 Å². The van der Waals surface area contributed by atoms with Gasteiger partial charge in [-0.15, -0.1) is 0 Å². The minimum atomic E-state index is -0.542. The van der Waals surface area contributed by atoms with E-state index in [1.54, 1.807) is 0 Å². The van der Waals surface area contributed by atoms with Gasteiger partial charge in [-0.05, 0) is 47.7 Å². The van der Waals surface area contributed by atoms with Crippen molar-refractivity contribution in [2.45, 2.75) is 12.8 Å². The Balaban J connectivity index is 1.75. The Labute approximate surface area is 149 Å². The second-order valence-corrected chi connectivity index (χ2v) is 6.17. The molecule has 3 rings (SSSR count). The Morgan fingerprint density at radius 3 is 2.79 bits per heavy atom. The maximum absolute atomic E-state index is 12.0. The van der Waals surface area contributed by atoms with Crippen molar-refractivity contribution in [1.29, 1.82) is 0 Å². The molecule has 0 heterocycles. The fourth-order valence-corrected chi connectivity index (χ4v) is 3.04. The first-order valence-corrected chi connectivity index (χ1v) is 8.10. The van der Waals surface area contributed by atoms with Gasteiger partial charge in [0.05, 0.1) is 16.8 Å². The van der Waals surface area contributed by atoms with Gasteiger partial charge in [0.1, 0.15) is 5.75 Å². The van der Waals surface area contributed by atoms with E-state index in [0.29, 0.717) is 10.1 Å². The van der Waals surface area contributed by atoms with Gasteiger partial charge >= 0.3 is 0 Å². The van der Waals surface area contributed by atoms with E-state index < -0.39 is 5.91 Å². The van der Waals surface area contributed by atoms with Gasteiger partial charge in [0.25, 0.3) is 5.91 Å². The first-order valence-electron chi connectivity index (χ1n) is 7.35. The predicted octanol–water partition coefficient (Wildman–Crippen LogP) is 4.36. The summed E-state index contributed by atoms with van der Waals surface area (Å²) in [5.74, 6) is -0.699. The van der Waals surface area contributed by atoms with Crippen molar-refractivity contribution in [3.63, 3.8) is 0 Å². The van der Waals surface area contributed by atoms with Gasteiger partial charge in [-0.2, -0.15) is 5.10 Å². The van der Waals surface area contributed by atoms with Crippen LogP contribution in [0.4, 0.5) is 0 Å². The summed E-state index contributed by atoms with van der Waals surface area (Å²) in [4.78, 5) is 12.0. The van der Waals surface area contributed by atoms with Gasteiger partial charge in [0, 0.05) is 5.02 Å². The van der Waals surface area contributed by atoms with E-state index in [9.17, 15) is 9.90 Å². The van der Waals surface area contributed by atoms with Crippen molar-refractivity contribution in [2.24, 2.45) is 5.10 Å². The number of hydrogen-bond donors (Lipinski definition) is 2. The maximum atomic E-state index is 12.0. The number of amides is 1. The molecule has 0 fully saturated rings. The smallest absolute Gasteiger partial charge is 0.275 e. The van der Waals surface area contributed by atoms with E-state index >= 15 is 0 Å². The van der Waals surface area contributed by atoms with Crippen LogP contribution < -0.4 is 5.43 Å². The summed E-state index contributed by atoms with van der Waals surface area (Å²) in [6.07, 6.45) is 3.16. The number of phenolic OH excluding ortho intramolecular Hbond substituents is 1. The lowest BCUT2D eigenvalue weighted by Gasteiger charge is -2.17. The number of hydrogen-bond acceptors (Lipinski definition) is 3. The normalized spacial score (nSPS) is 13.9. The van der Waals surface area contributed by atoms with Crippen molar-refractivity contribution in [3.8, 4) is 5.75 Å². The van der Waals surface area contributed by atoms with E-state index in [4.69, 9.17) is 23.2 Å². The summed E-state index contributed by atoms with van der Waals surface area (Å²) in [5.41, 5.74) is 5.49. The minimum Gasteiger partial charge on any atom is -0.507 e. The van der Waals surface area contributed by atoms with E-state index in [1.807, 2.05) is 18.2 Å². The lowest BCUT2D eigenvalue weighted by Crippen LogP contribution is -2.18. The number of aromatic hydroxyl groups is 1. The highest BCUT2D eigenvalue weighted by molar-refractivity contribution is 6.51. The molecule has 0 spiro atoms. The molecule has 1 amide bonds. The Morgan fingerprint density at radius 2 is 1.96 bits per heavy atom. The SMILES string of the molecule is O=C(N/N=C/C1=C(Cl)c2ccccc2CC1)c1cc(Cl)ccc1O. The molecular formula is C18H14Cl2N2O2. The largest absolute Gasteiger partial charge is 0.507 e. The number of carbonyl (C=O) groups is 1. The first kappa shape index (κ1) is 16.6. The number of allylic oxidation sites excluding steroid dienone is 1. The average molecular weight is 361 g/mol. The van der Waals surface area contributed by atoms with Crippen molar-refractivity contribution >= 4 is 40.4 Å². The predicted molar refractivity (Wildman–Crippen MR) is 96.6 cm³/mol. The van der Waals surface area contributed by atoms with Crippen LogP contribution in [0.15, 0.2) is 53.1 Å². The van der Waals surface area contributed by atoms with Gasteiger partial charge in [-0.1, -0.05) is 47.5 Å². The van der Waals surface area contributed by atoms with Gasteiger partial charge < -0.3 is 5.11 Å². The summed E-state index contributed by atoms with van der Waals surface area (Å²) >= 11 is 12.2. The number of aryl methyl sites for hydroxylation is 1. The molecule has 0 unspecified atom stereocenters. The monoisotopic (exact) mass is 360 g/mol. The van der Waals surface area contributed by atoms with E-state index in [2.05, 4.69) is 16.6 Å². The molecule has 0 saturated heterocycles.